The minimum atomic E-state index is -0.348. The summed E-state index contributed by atoms with van der Waals surface area (Å²) in [4.78, 5) is 16.4. The summed E-state index contributed by atoms with van der Waals surface area (Å²) >= 11 is 0. The molecule has 0 aromatic heterocycles. The van der Waals surface area contributed by atoms with Crippen LogP contribution in [-0.4, -0.2) is 35.0 Å². The number of nitrogens with zero attached hydrogens (tertiary/aromatic N) is 3. The molecular formula is C18H19N3O2. The third kappa shape index (κ3) is 5.87. The average molecular weight is 309 g/mol. The first kappa shape index (κ1) is 16.6. The smallest absolute Gasteiger partial charge is 0.344 e. The monoisotopic (exact) mass is 309 g/mol. The maximum Gasteiger partial charge on any atom is 0.344 e. The molecule has 2 aromatic carbocycles. The van der Waals surface area contributed by atoms with Crippen LogP contribution >= 0.6 is 0 Å². The predicted molar refractivity (Wildman–Crippen MR) is 87.6 cm³/mol. The summed E-state index contributed by atoms with van der Waals surface area (Å²) in [6, 6.07) is 19.5. The van der Waals surface area contributed by atoms with Crippen LogP contribution in [0, 0.1) is 0 Å². The van der Waals surface area contributed by atoms with Crippen molar-refractivity contribution in [2.75, 3.05) is 13.2 Å². The molecule has 0 bridgehead atoms. The molecule has 0 aliphatic rings. The van der Waals surface area contributed by atoms with Gasteiger partial charge in [0.2, 0.25) is 0 Å². The van der Waals surface area contributed by atoms with Crippen LogP contribution in [0.4, 0.5) is 0 Å². The number of ether oxygens (including phenoxy) is 1. The van der Waals surface area contributed by atoms with Crippen LogP contribution in [-0.2, 0) is 22.7 Å². The van der Waals surface area contributed by atoms with Crippen LogP contribution in [0.1, 0.15) is 11.1 Å². The Morgan fingerprint density at radius 1 is 1.04 bits per heavy atom. The Morgan fingerprint density at radius 3 is 2.26 bits per heavy atom. The lowest BCUT2D eigenvalue weighted by Crippen LogP contribution is -2.34. The van der Waals surface area contributed by atoms with E-state index in [4.69, 9.17) is 10.3 Å². The van der Waals surface area contributed by atoms with Crippen molar-refractivity contribution >= 4 is 12.1 Å². The second kappa shape index (κ2) is 9.30. The Morgan fingerprint density at radius 2 is 1.65 bits per heavy atom. The molecule has 0 atom stereocenters. The van der Waals surface area contributed by atoms with Crippen molar-refractivity contribution < 1.29 is 14.3 Å². The van der Waals surface area contributed by atoms with E-state index >= 15 is 0 Å². The molecule has 0 fully saturated rings. The Hall–Kier alpha value is -2.75. The highest BCUT2D eigenvalue weighted by Gasteiger charge is 2.15. The van der Waals surface area contributed by atoms with Gasteiger partial charge in [-0.1, -0.05) is 60.7 Å². The van der Waals surface area contributed by atoms with Gasteiger partial charge in [-0.05, 0) is 11.1 Å². The highest BCUT2D eigenvalue weighted by atomic mass is 16.5. The Kier molecular flexibility index (Phi) is 6.72. The van der Waals surface area contributed by atoms with Gasteiger partial charge in [-0.15, -0.1) is 0 Å². The lowest BCUT2D eigenvalue weighted by molar-refractivity contribution is -0.128. The molecule has 0 N–H and O–H groups in total. The van der Waals surface area contributed by atoms with E-state index in [1.165, 1.54) is 0 Å². The number of hydrogen-bond acceptors (Lipinski definition) is 2. The van der Waals surface area contributed by atoms with Gasteiger partial charge in [0.25, 0.3) is 0 Å². The fourth-order valence-electron chi connectivity index (χ4n) is 2.14. The van der Waals surface area contributed by atoms with Crippen molar-refractivity contribution in [3.8, 4) is 0 Å². The van der Waals surface area contributed by atoms with Crippen LogP contribution < -0.4 is 0 Å². The Balaban J connectivity index is 1.87. The van der Waals surface area contributed by atoms with Gasteiger partial charge in [0, 0.05) is 13.1 Å². The first-order valence-electron chi connectivity index (χ1n) is 7.41. The second-order valence-electron chi connectivity index (χ2n) is 5.03. The van der Waals surface area contributed by atoms with Gasteiger partial charge in [-0.2, -0.15) is 4.79 Å². The van der Waals surface area contributed by atoms with Gasteiger partial charge in [0.15, 0.2) is 0 Å². The van der Waals surface area contributed by atoms with Crippen LogP contribution in [0.5, 0.6) is 0 Å². The minimum absolute atomic E-state index is 0.348. The lowest BCUT2D eigenvalue weighted by atomic mass is 10.2. The van der Waals surface area contributed by atoms with Crippen LogP contribution in [0.3, 0.4) is 0 Å². The Bertz CT molecular complexity index is 652. The fourth-order valence-corrected chi connectivity index (χ4v) is 2.14. The van der Waals surface area contributed by atoms with E-state index in [1.54, 1.807) is 4.90 Å². The summed E-state index contributed by atoms with van der Waals surface area (Å²) in [7, 11) is 0. The number of carbonyl (C=O) groups excluding carboxylic acids is 1. The molecule has 0 saturated carbocycles. The summed E-state index contributed by atoms with van der Waals surface area (Å²) < 4.78 is 5.62. The van der Waals surface area contributed by atoms with E-state index in [1.807, 2.05) is 60.7 Å². The first-order valence-corrected chi connectivity index (χ1v) is 7.41. The van der Waals surface area contributed by atoms with Gasteiger partial charge in [-0.3, -0.25) is 4.79 Å². The van der Waals surface area contributed by atoms with Crippen LogP contribution in [0.15, 0.2) is 60.7 Å². The van der Waals surface area contributed by atoms with Crippen molar-refractivity contribution in [3.63, 3.8) is 0 Å². The molecule has 0 unspecified atom stereocenters. The third-order valence-corrected chi connectivity index (χ3v) is 3.31. The molecule has 0 saturated heterocycles. The van der Waals surface area contributed by atoms with E-state index < -0.39 is 0 Å². The number of rotatable bonds is 8. The molecule has 2 aromatic rings. The van der Waals surface area contributed by atoms with Gasteiger partial charge in [0.1, 0.15) is 0 Å². The maximum absolute atomic E-state index is 12.0. The number of carbonyl (C=O) groups is 1. The van der Waals surface area contributed by atoms with E-state index in [9.17, 15) is 4.79 Å². The topological polar surface area (TPSA) is 65.9 Å². The summed E-state index contributed by atoms with van der Waals surface area (Å²) in [6.07, 6.45) is 0.903. The lowest BCUT2D eigenvalue weighted by Gasteiger charge is -2.19. The predicted octanol–water partition coefficient (Wildman–Crippen LogP) is 2.53. The molecule has 2 rings (SSSR count). The standard InChI is InChI=1S/C18H19N3O2/c19-20-13-18(22)21(14-16-7-3-1-4-8-16)11-12-23-15-17-9-5-2-6-10-17/h1-10,13H,11-12,14-15H2. The average Bonchev–Trinajstić information content (AvgIpc) is 2.59. The Labute approximate surface area is 135 Å². The van der Waals surface area contributed by atoms with E-state index in [0.717, 1.165) is 17.3 Å². The SMILES string of the molecule is [N-]=[N+]=CC(=O)N(CCOCc1ccccc1)Cc1ccccc1. The molecule has 1 amide bonds. The second-order valence-corrected chi connectivity index (χ2v) is 5.03. The molecule has 0 heterocycles. The molecule has 23 heavy (non-hydrogen) atoms. The molecular weight excluding hydrogens is 290 g/mol. The van der Waals surface area contributed by atoms with Gasteiger partial charge in [-0.25, -0.2) is 0 Å². The fraction of sp³-hybridized carbons (Fsp3) is 0.222. The summed E-state index contributed by atoms with van der Waals surface area (Å²) in [6.45, 7) is 1.78. The largest absolute Gasteiger partial charge is 0.375 e. The summed E-state index contributed by atoms with van der Waals surface area (Å²) in [5.41, 5.74) is 10.7. The quantitative estimate of drug-likeness (QED) is 0.325. The van der Waals surface area contributed by atoms with Crippen LogP contribution in [0.2, 0.25) is 0 Å². The number of amides is 1. The first-order chi connectivity index (χ1) is 11.3. The van der Waals surface area contributed by atoms with Crippen LogP contribution in [0.25, 0.3) is 5.53 Å². The molecule has 0 aliphatic heterocycles. The molecule has 5 nitrogen and oxygen atoms in total. The molecule has 0 aliphatic carbocycles. The molecule has 118 valence electrons. The zero-order chi connectivity index (χ0) is 16.3. The normalized spacial score (nSPS) is 9.91. The van der Waals surface area contributed by atoms with Gasteiger partial charge < -0.3 is 15.2 Å². The molecule has 5 heteroatoms. The molecule has 0 spiro atoms. The van der Waals surface area contributed by atoms with Crippen molar-refractivity contribution in [1.29, 1.82) is 0 Å². The van der Waals surface area contributed by atoms with Crippen molar-refractivity contribution in [2.45, 2.75) is 13.2 Å². The van der Waals surface area contributed by atoms with Gasteiger partial charge in [0.05, 0.1) is 13.2 Å². The summed E-state index contributed by atoms with van der Waals surface area (Å²) in [5.74, 6) is -0.348. The third-order valence-electron chi connectivity index (χ3n) is 3.31. The van der Waals surface area contributed by atoms with E-state index in [2.05, 4.69) is 4.79 Å². The van der Waals surface area contributed by atoms with E-state index in [0.29, 0.717) is 26.3 Å². The highest BCUT2D eigenvalue weighted by molar-refractivity contribution is 6.23. The maximum atomic E-state index is 12.0. The number of benzene rings is 2. The van der Waals surface area contributed by atoms with Crippen molar-refractivity contribution in [3.05, 3.63) is 77.3 Å². The van der Waals surface area contributed by atoms with Crippen molar-refractivity contribution in [2.24, 2.45) is 0 Å². The van der Waals surface area contributed by atoms with Gasteiger partial charge >= 0.3 is 12.1 Å². The minimum Gasteiger partial charge on any atom is -0.375 e. The summed E-state index contributed by atoms with van der Waals surface area (Å²) in [5, 5.41) is 0. The molecule has 0 radical (unpaired) electrons. The van der Waals surface area contributed by atoms with E-state index in [-0.39, 0.29) is 5.91 Å². The zero-order valence-electron chi connectivity index (χ0n) is 12.8. The van der Waals surface area contributed by atoms with Crippen molar-refractivity contribution in [1.82, 2.24) is 4.90 Å². The zero-order valence-corrected chi connectivity index (χ0v) is 12.8. The highest BCUT2D eigenvalue weighted by Crippen LogP contribution is 2.05. The number of hydrogen-bond donors (Lipinski definition) is 0.